The van der Waals surface area contributed by atoms with Gasteiger partial charge < -0.3 is 9.47 Å². The quantitative estimate of drug-likeness (QED) is 0.445. The van der Waals surface area contributed by atoms with Crippen LogP contribution in [-0.4, -0.2) is 28.4 Å². The Balaban J connectivity index is 0.000000145. The Morgan fingerprint density at radius 1 is 1.12 bits per heavy atom. The summed E-state index contributed by atoms with van der Waals surface area (Å²) in [4.78, 5) is 0. The van der Waals surface area contributed by atoms with Crippen molar-refractivity contribution in [1.29, 1.82) is 0 Å². The lowest BCUT2D eigenvalue weighted by Gasteiger charge is -1.76. The van der Waals surface area contributed by atoms with Crippen molar-refractivity contribution in [3.8, 4) is 0 Å². The van der Waals surface area contributed by atoms with E-state index in [-0.39, 0.29) is 0 Å². The van der Waals surface area contributed by atoms with Crippen molar-refractivity contribution in [1.82, 2.24) is 0 Å². The fraction of sp³-hybridized carbons (Fsp3) is 1.00. The van der Waals surface area contributed by atoms with Gasteiger partial charge in [-0.15, -0.1) is 0 Å². The summed E-state index contributed by atoms with van der Waals surface area (Å²) >= 11 is -0.750. The molecule has 0 bridgehead atoms. The molecule has 5 heteroatoms. The molecule has 8 heavy (non-hydrogen) atoms. The number of rotatable bonds is 0. The van der Waals surface area contributed by atoms with E-state index < -0.39 is 11.6 Å². The second-order valence-corrected chi connectivity index (χ2v) is 1.14. The molecule has 0 saturated carbocycles. The van der Waals surface area contributed by atoms with Crippen LogP contribution in [0.1, 0.15) is 0 Å². The maximum absolute atomic E-state index is 8.29. The Morgan fingerprint density at radius 2 is 1.50 bits per heavy atom. The van der Waals surface area contributed by atoms with Crippen LogP contribution in [0.5, 0.6) is 0 Å². The van der Waals surface area contributed by atoms with Gasteiger partial charge in [0.15, 0.2) is 0 Å². The summed E-state index contributed by atoms with van der Waals surface area (Å²) in [7, 11) is 0. The minimum absolute atomic E-state index is 0.500. The Hall–Kier alpha value is -0.260. The van der Waals surface area contributed by atoms with Crippen LogP contribution in [0.2, 0.25) is 0 Å². The normalized spacial score (nSPS) is 16.5. The van der Waals surface area contributed by atoms with Crippen molar-refractivity contribution in [2.75, 3.05) is 20.0 Å². The first kappa shape index (κ1) is 7.74. The lowest BCUT2D eigenvalue weighted by atomic mass is 10.8. The summed E-state index contributed by atoms with van der Waals surface area (Å²) < 4.78 is 26.0. The molecule has 0 atom stereocenters. The molecule has 1 aliphatic heterocycles. The van der Waals surface area contributed by atoms with Crippen molar-refractivity contribution < 1.29 is 17.9 Å². The van der Waals surface area contributed by atoms with E-state index in [0.29, 0.717) is 6.79 Å². The van der Waals surface area contributed by atoms with E-state index in [0.717, 1.165) is 13.2 Å². The third kappa shape index (κ3) is 5.74. The summed E-state index contributed by atoms with van der Waals surface area (Å²) in [6, 6.07) is 0. The van der Waals surface area contributed by atoms with Gasteiger partial charge in [-0.2, -0.15) is 8.42 Å². The van der Waals surface area contributed by atoms with E-state index in [1.807, 2.05) is 0 Å². The van der Waals surface area contributed by atoms with E-state index in [9.17, 15) is 0 Å². The molecule has 4 nitrogen and oxygen atoms in total. The molecule has 0 amide bonds. The molecule has 0 N–H and O–H groups in total. The standard InChI is InChI=1S/C3H6O2.O2S/c1-2-5-3-4-1;1-3-2/h1-3H2;. The molecule has 1 aliphatic rings. The fourth-order valence-corrected chi connectivity index (χ4v) is 0.295. The van der Waals surface area contributed by atoms with Gasteiger partial charge in [0.1, 0.15) is 6.79 Å². The van der Waals surface area contributed by atoms with E-state index in [1.165, 1.54) is 0 Å². The Morgan fingerprint density at radius 3 is 1.62 bits per heavy atom. The van der Waals surface area contributed by atoms with Crippen LogP contribution in [0.25, 0.3) is 0 Å². The molecule has 0 radical (unpaired) electrons. The molecule has 1 fully saturated rings. The minimum Gasteiger partial charge on any atom is -0.353 e. The first-order chi connectivity index (χ1) is 3.91. The number of ether oxygens (including phenoxy) is 2. The van der Waals surface area contributed by atoms with Gasteiger partial charge >= 0.3 is 11.6 Å². The van der Waals surface area contributed by atoms with Gasteiger partial charge in [0.25, 0.3) is 0 Å². The zero-order chi connectivity index (χ0) is 6.24. The Kier molecular flexibility index (Phi) is 6.52. The van der Waals surface area contributed by atoms with Crippen LogP contribution < -0.4 is 0 Å². The van der Waals surface area contributed by atoms with Crippen LogP contribution in [0.3, 0.4) is 0 Å². The van der Waals surface area contributed by atoms with E-state index in [2.05, 4.69) is 0 Å². The molecule has 0 aromatic carbocycles. The maximum atomic E-state index is 8.29. The van der Waals surface area contributed by atoms with Crippen molar-refractivity contribution in [2.24, 2.45) is 0 Å². The van der Waals surface area contributed by atoms with Crippen LogP contribution in [0, 0.1) is 0 Å². The molecule has 0 aliphatic carbocycles. The second-order valence-electron chi connectivity index (χ2n) is 1.00. The van der Waals surface area contributed by atoms with Gasteiger partial charge in [-0.3, -0.25) is 0 Å². The summed E-state index contributed by atoms with van der Waals surface area (Å²) in [6.07, 6.45) is 0. The SMILES string of the molecule is C1COCO1.O=S=O. The fourth-order valence-electron chi connectivity index (χ4n) is 0.295. The third-order valence-corrected chi connectivity index (χ3v) is 0.539. The van der Waals surface area contributed by atoms with Gasteiger partial charge in [-0.25, -0.2) is 0 Å². The molecule has 1 saturated heterocycles. The monoisotopic (exact) mass is 138 g/mol. The van der Waals surface area contributed by atoms with Crippen molar-refractivity contribution >= 4 is 11.6 Å². The molecule has 1 rings (SSSR count). The molecule has 48 valence electrons. The van der Waals surface area contributed by atoms with Crippen LogP contribution >= 0.6 is 0 Å². The van der Waals surface area contributed by atoms with Gasteiger partial charge in [0.05, 0.1) is 13.2 Å². The molecule has 0 unspecified atom stereocenters. The molecular formula is C3H6O4S. The van der Waals surface area contributed by atoms with Crippen molar-refractivity contribution in [3.63, 3.8) is 0 Å². The van der Waals surface area contributed by atoms with Crippen LogP contribution in [0.15, 0.2) is 0 Å². The predicted molar refractivity (Wildman–Crippen MR) is 25.7 cm³/mol. The molecular weight excluding hydrogens is 132 g/mol. The van der Waals surface area contributed by atoms with Crippen LogP contribution in [-0.2, 0) is 21.0 Å². The third-order valence-electron chi connectivity index (χ3n) is 0.539. The van der Waals surface area contributed by atoms with Gasteiger partial charge in [0, 0.05) is 0 Å². The van der Waals surface area contributed by atoms with Crippen LogP contribution in [0.4, 0.5) is 0 Å². The summed E-state index contributed by atoms with van der Waals surface area (Å²) in [6.45, 7) is 2.06. The zero-order valence-corrected chi connectivity index (χ0v) is 4.98. The highest BCUT2D eigenvalue weighted by molar-refractivity contribution is 7.51. The second kappa shape index (κ2) is 6.74. The van der Waals surface area contributed by atoms with Crippen molar-refractivity contribution in [3.05, 3.63) is 0 Å². The first-order valence-corrected chi connectivity index (χ1v) is 2.65. The van der Waals surface area contributed by atoms with Gasteiger partial charge in [-0.05, 0) is 0 Å². The molecule has 0 spiro atoms. The summed E-state index contributed by atoms with van der Waals surface area (Å²) in [5.74, 6) is 0. The van der Waals surface area contributed by atoms with E-state index >= 15 is 0 Å². The highest BCUT2D eigenvalue weighted by Crippen LogP contribution is 1.85. The average Bonchev–Trinajstić information content (AvgIpc) is 2.17. The Bertz CT molecular complexity index is 65.7. The largest absolute Gasteiger partial charge is 0.353 e. The average molecular weight is 138 g/mol. The number of hydrogen-bond acceptors (Lipinski definition) is 4. The van der Waals surface area contributed by atoms with E-state index in [1.54, 1.807) is 0 Å². The Labute approximate surface area is 50.4 Å². The highest BCUT2D eigenvalue weighted by atomic mass is 32.1. The zero-order valence-electron chi connectivity index (χ0n) is 4.16. The highest BCUT2D eigenvalue weighted by Gasteiger charge is 1.93. The smallest absolute Gasteiger partial charge is 0.335 e. The predicted octanol–water partition coefficient (Wildman–Crippen LogP) is -0.679. The van der Waals surface area contributed by atoms with Crippen molar-refractivity contribution in [2.45, 2.75) is 0 Å². The molecule has 1 heterocycles. The molecule has 0 aromatic rings. The summed E-state index contributed by atoms with van der Waals surface area (Å²) in [5, 5.41) is 0. The maximum Gasteiger partial charge on any atom is 0.335 e. The topological polar surface area (TPSA) is 52.6 Å². The first-order valence-electron chi connectivity index (χ1n) is 1.99. The minimum atomic E-state index is -0.750. The van der Waals surface area contributed by atoms with Gasteiger partial charge in [-0.1, -0.05) is 0 Å². The molecule has 0 aromatic heterocycles. The van der Waals surface area contributed by atoms with Gasteiger partial charge in [0.2, 0.25) is 0 Å². The van der Waals surface area contributed by atoms with E-state index in [4.69, 9.17) is 17.9 Å². The lowest BCUT2D eigenvalue weighted by Crippen LogP contribution is -1.79. The number of hydrogen-bond donors (Lipinski definition) is 0. The lowest BCUT2D eigenvalue weighted by molar-refractivity contribution is 0.0692. The summed E-state index contributed by atoms with van der Waals surface area (Å²) in [5.41, 5.74) is 0.